The van der Waals surface area contributed by atoms with Crippen LogP contribution in [0.15, 0.2) is 12.1 Å². The molecule has 0 N–H and O–H groups in total. The lowest BCUT2D eigenvalue weighted by Crippen LogP contribution is -1.80. The highest BCUT2D eigenvalue weighted by Crippen LogP contribution is 2.19. The normalized spacial score (nSPS) is 10.0. The molecule has 1 aromatic heterocycles. The summed E-state index contributed by atoms with van der Waals surface area (Å²) in [6, 6.07) is 4.39. The number of thiophene rings is 1. The quantitative estimate of drug-likeness (QED) is 0.486. The number of aryl methyl sites for hydroxylation is 1. The average Bonchev–Trinajstić information content (AvgIpc) is 2.61. The van der Waals surface area contributed by atoms with Crippen LogP contribution in [0.2, 0.25) is 0 Å². The van der Waals surface area contributed by atoms with Crippen molar-refractivity contribution < 1.29 is 0 Å². The molecule has 0 aliphatic rings. The Morgan fingerprint density at radius 1 is 1.21 bits per heavy atom. The molecule has 0 radical (unpaired) electrons. The van der Waals surface area contributed by atoms with Crippen LogP contribution in [-0.4, -0.2) is 0 Å². The summed E-state index contributed by atoms with van der Waals surface area (Å²) in [7, 11) is 0. The zero-order chi connectivity index (χ0) is 10.2. The summed E-state index contributed by atoms with van der Waals surface area (Å²) in [4.78, 5) is 2.82. The Labute approximate surface area is 91.4 Å². The number of hydrogen-bond donors (Lipinski definition) is 0. The van der Waals surface area contributed by atoms with Crippen molar-refractivity contribution in [2.75, 3.05) is 0 Å². The van der Waals surface area contributed by atoms with Crippen LogP contribution < -0.4 is 0 Å². The van der Waals surface area contributed by atoms with Crippen LogP contribution in [0.1, 0.15) is 42.4 Å². The van der Waals surface area contributed by atoms with Gasteiger partial charge in [-0.3, -0.25) is 0 Å². The Morgan fingerprint density at radius 2 is 2.00 bits per heavy atom. The summed E-state index contributed by atoms with van der Waals surface area (Å²) in [5.74, 6) is 2.68. The molecule has 0 aliphatic heterocycles. The molecule has 0 fully saturated rings. The molecule has 1 heteroatoms. The average molecular weight is 206 g/mol. The minimum Gasteiger partial charge on any atom is -0.144 e. The van der Waals surface area contributed by atoms with E-state index in [2.05, 4.69) is 25.0 Å². The van der Waals surface area contributed by atoms with Gasteiger partial charge in [0.1, 0.15) is 0 Å². The maximum absolute atomic E-state index is 5.27. The second-order valence-corrected chi connectivity index (χ2v) is 4.81. The van der Waals surface area contributed by atoms with Crippen LogP contribution >= 0.6 is 11.3 Å². The SMILES string of the molecule is C#CCc1ccc(CCCCCC)s1. The van der Waals surface area contributed by atoms with Crippen molar-refractivity contribution in [3.05, 3.63) is 21.9 Å². The molecule has 1 heterocycles. The summed E-state index contributed by atoms with van der Waals surface area (Å²) in [6.07, 6.45) is 12.6. The summed E-state index contributed by atoms with van der Waals surface area (Å²) in [5, 5.41) is 0. The van der Waals surface area contributed by atoms with Crippen LogP contribution in [0.25, 0.3) is 0 Å². The highest BCUT2D eigenvalue weighted by Gasteiger charge is 1.98. The summed E-state index contributed by atoms with van der Waals surface area (Å²) in [6.45, 7) is 2.25. The Hall–Kier alpha value is -0.740. The zero-order valence-electron chi connectivity index (χ0n) is 8.88. The fraction of sp³-hybridized carbons (Fsp3) is 0.538. The van der Waals surface area contributed by atoms with Gasteiger partial charge in [-0.2, -0.15) is 0 Å². The maximum atomic E-state index is 5.27. The van der Waals surface area contributed by atoms with E-state index in [4.69, 9.17) is 6.42 Å². The van der Waals surface area contributed by atoms with E-state index in [1.807, 2.05) is 11.3 Å². The molecule has 0 spiro atoms. The molecule has 0 nitrogen and oxygen atoms in total. The fourth-order valence-corrected chi connectivity index (χ4v) is 2.49. The van der Waals surface area contributed by atoms with Crippen LogP contribution in [0, 0.1) is 12.3 Å². The minimum atomic E-state index is 0.791. The number of terminal acetylenes is 1. The van der Waals surface area contributed by atoms with Crippen molar-refractivity contribution >= 4 is 11.3 Å². The standard InChI is InChI=1S/C13H18S/c1-3-5-6-7-9-13-11-10-12(14-13)8-4-2/h2,10-11H,3,5-9H2,1H3. The Bertz CT molecular complexity index is 290. The molecule has 14 heavy (non-hydrogen) atoms. The molecular weight excluding hydrogens is 188 g/mol. The number of unbranched alkanes of at least 4 members (excludes halogenated alkanes) is 3. The fourth-order valence-electron chi connectivity index (χ4n) is 1.48. The second kappa shape index (κ2) is 6.68. The third-order valence-corrected chi connectivity index (χ3v) is 3.42. The number of rotatable bonds is 6. The van der Waals surface area contributed by atoms with Crippen molar-refractivity contribution in [3.63, 3.8) is 0 Å². The van der Waals surface area contributed by atoms with Crippen molar-refractivity contribution in [1.82, 2.24) is 0 Å². The Morgan fingerprint density at radius 3 is 2.71 bits per heavy atom. The summed E-state index contributed by atoms with van der Waals surface area (Å²) in [5.41, 5.74) is 0. The third kappa shape index (κ3) is 3.98. The van der Waals surface area contributed by atoms with E-state index in [0.29, 0.717) is 0 Å². The van der Waals surface area contributed by atoms with E-state index in [1.54, 1.807) is 0 Å². The molecule has 0 unspecified atom stereocenters. The van der Waals surface area contributed by atoms with Gasteiger partial charge in [0.05, 0.1) is 0 Å². The van der Waals surface area contributed by atoms with Crippen molar-refractivity contribution in [1.29, 1.82) is 0 Å². The van der Waals surface area contributed by atoms with E-state index >= 15 is 0 Å². The zero-order valence-corrected chi connectivity index (χ0v) is 9.70. The lowest BCUT2D eigenvalue weighted by molar-refractivity contribution is 0.670. The van der Waals surface area contributed by atoms with Gasteiger partial charge >= 0.3 is 0 Å². The monoisotopic (exact) mass is 206 g/mol. The highest BCUT2D eigenvalue weighted by molar-refractivity contribution is 7.12. The van der Waals surface area contributed by atoms with Crippen molar-refractivity contribution in [2.24, 2.45) is 0 Å². The van der Waals surface area contributed by atoms with Crippen LogP contribution in [0.4, 0.5) is 0 Å². The third-order valence-electron chi connectivity index (χ3n) is 2.27. The van der Waals surface area contributed by atoms with Gasteiger partial charge in [0.15, 0.2) is 0 Å². The van der Waals surface area contributed by atoms with Crippen molar-refractivity contribution in [2.45, 2.75) is 45.4 Å². The smallest absolute Gasteiger partial charge is 0.0432 e. The highest BCUT2D eigenvalue weighted by atomic mass is 32.1. The van der Waals surface area contributed by atoms with E-state index in [0.717, 1.165) is 6.42 Å². The molecule has 1 aromatic rings. The first-order valence-electron chi connectivity index (χ1n) is 5.38. The molecule has 0 atom stereocenters. The predicted molar refractivity (Wildman–Crippen MR) is 64.7 cm³/mol. The molecule has 0 saturated carbocycles. The first-order valence-corrected chi connectivity index (χ1v) is 6.19. The van der Waals surface area contributed by atoms with Gasteiger partial charge < -0.3 is 0 Å². The molecule has 1 rings (SSSR count). The minimum absolute atomic E-state index is 0.791. The first-order chi connectivity index (χ1) is 6.86. The topological polar surface area (TPSA) is 0 Å². The maximum Gasteiger partial charge on any atom is 0.0432 e. The van der Waals surface area contributed by atoms with E-state index in [-0.39, 0.29) is 0 Å². The van der Waals surface area contributed by atoms with E-state index in [1.165, 1.54) is 41.9 Å². The largest absolute Gasteiger partial charge is 0.144 e. The van der Waals surface area contributed by atoms with Crippen LogP contribution in [-0.2, 0) is 12.8 Å². The van der Waals surface area contributed by atoms with Crippen molar-refractivity contribution in [3.8, 4) is 12.3 Å². The molecule has 0 saturated heterocycles. The first kappa shape index (κ1) is 11.3. The van der Waals surface area contributed by atoms with Gasteiger partial charge in [0.2, 0.25) is 0 Å². The van der Waals surface area contributed by atoms with Gasteiger partial charge in [-0.1, -0.05) is 26.2 Å². The van der Waals surface area contributed by atoms with Gasteiger partial charge in [-0.25, -0.2) is 0 Å². The molecule has 0 aromatic carbocycles. The molecule has 76 valence electrons. The summed E-state index contributed by atoms with van der Waals surface area (Å²) >= 11 is 1.87. The molecule has 0 bridgehead atoms. The predicted octanol–water partition coefficient (Wildman–Crippen LogP) is 4.05. The molecular formula is C13H18S. The lowest BCUT2D eigenvalue weighted by Gasteiger charge is -1.96. The van der Waals surface area contributed by atoms with Gasteiger partial charge in [-0.05, 0) is 25.0 Å². The van der Waals surface area contributed by atoms with Gasteiger partial charge in [0, 0.05) is 16.2 Å². The second-order valence-electron chi connectivity index (χ2n) is 3.56. The van der Waals surface area contributed by atoms with Gasteiger partial charge in [0.25, 0.3) is 0 Å². The van der Waals surface area contributed by atoms with E-state index < -0.39 is 0 Å². The Balaban J connectivity index is 2.26. The lowest BCUT2D eigenvalue weighted by atomic mass is 10.1. The molecule has 0 amide bonds. The summed E-state index contributed by atoms with van der Waals surface area (Å²) < 4.78 is 0. The molecule has 0 aliphatic carbocycles. The van der Waals surface area contributed by atoms with Crippen LogP contribution in [0.5, 0.6) is 0 Å². The van der Waals surface area contributed by atoms with E-state index in [9.17, 15) is 0 Å². The van der Waals surface area contributed by atoms with Gasteiger partial charge in [-0.15, -0.1) is 23.7 Å². The number of hydrogen-bond acceptors (Lipinski definition) is 1. The van der Waals surface area contributed by atoms with Crippen LogP contribution in [0.3, 0.4) is 0 Å². The Kier molecular flexibility index (Phi) is 5.40.